The van der Waals surface area contributed by atoms with Gasteiger partial charge in [-0.25, -0.2) is 4.98 Å². The van der Waals surface area contributed by atoms with Crippen LogP contribution in [0.5, 0.6) is 0 Å². The van der Waals surface area contributed by atoms with Crippen LogP contribution in [0.1, 0.15) is 12.0 Å². The molecule has 1 aliphatic heterocycles. The monoisotopic (exact) mass is 202 g/mol. The Morgan fingerprint density at radius 1 is 1.67 bits per heavy atom. The van der Waals surface area contributed by atoms with Crippen molar-refractivity contribution in [3.63, 3.8) is 0 Å². The average Bonchev–Trinajstić information content (AvgIpc) is 2.81. The zero-order valence-corrected chi connectivity index (χ0v) is 8.77. The van der Waals surface area contributed by atoms with Crippen LogP contribution in [0, 0.1) is 11.3 Å². The molecule has 4 nitrogen and oxygen atoms in total. The molecule has 0 aromatic carbocycles. The normalized spacial score (nSPS) is 19.9. The molecule has 1 atom stereocenters. The van der Waals surface area contributed by atoms with Gasteiger partial charge in [-0.05, 0) is 25.1 Å². The summed E-state index contributed by atoms with van der Waals surface area (Å²) in [5, 5.41) is 12.1. The molecule has 0 saturated carbocycles. The molecule has 1 aliphatic rings. The van der Waals surface area contributed by atoms with Crippen molar-refractivity contribution in [1.29, 1.82) is 5.26 Å². The molecule has 1 saturated heterocycles. The third kappa shape index (κ3) is 2.08. The van der Waals surface area contributed by atoms with Crippen molar-refractivity contribution in [1.82, 2.24) is 10.3 Å². The maximum atomic E-state index is 8.80. The molecule has 4 heteroatoms. The average molecular weight is 202 g/mol. The maximum absolute atomic E-state index is 8.80. The molecule has 78 valence electrons. The number of nitrogens with one attached hydrogen (secondary N) is 1. The van der Waals surface area contributed by atoms with Crippen LogP contribution in [0.2, 0.25) is 0 Å². The van der Waals surface area contributed by atoms with E-state index in [0.717, 1.165) is 25.3 Å². The van der Waals surface area contributed by atoms with Gasteiger partial charge < -0.3 is 10.2 Å². The second-order valence-corrected chi connectivity index (χ2v) is 3.77. The Labute approximate surface area is 89.5 Å². The van der Waals surface area contributed by atoms with Crippen molar-refractivity contribution >= 4 is 5.82 Å². The minimum Gasteiger partial charge on any atom is -0.355 e. The summed E-state index contributed by atoms with van der Waals surface area (Å²) < 4.78 is 0. The number of hydrogen-bond acceptors (Lipinski definition) is 4. The third-order valence-electron chi connectivity index (χ3n) is 2.82. The molecule has 0 spiro atoms. The molecule has 2 rings (SSSR count). The predicted octanol–water partition coefficient (Wildman–Crippen LogP) is 0.751. The summed E-state index contributed by atoms with van der Waals surface area (Å²) in [6.45, 7) is 2.06. The minimum absolute atomic E-state index is 0.492. The lowest BCUT2D eigenvalue weighted by Crippen LogP contribution is -2.33. The first-order valence-corrected chi connectivity index (χ1v) is 5.11. The van der Waals surface area contributed by atoms with Gasteiger partial charge in [-0.2, -0.15) is 5.26 Å². The van der Waals surface area contributed by atoms with Crippen LogP contribution in [-0.2, 0) is 0 Å². The molecule has 1 aromatic heterocycles. The fourth-order valence-electron chi connectivity index (χ4n) is 1.84. The van der Waals surface area contributed by atoms with Gasteiger partial charge in [0.2, 0.25) is 0 Å². The number of rotatable bonds is 2. The van der Waals surface area contributed by atoms with E-state index in [1.54, 1.807) is 12.3 Å². The molecule has 0 aliphatic carbocycles. The summed E-state index contributed by atoms with van der Waals surface area (Å²) in [6.07, 6.45) is 2.82. The van der Waals surface area contributed by atoms with Gasteiger partial charge in [0.1, 0.15) is 5.82 Å². The summed E-state index contributed by atoms with van der Waals surface area (Å²) in [4.78, 5) is 6.42. The molecular weight excluding hydrogens is 188 g/mol. The van der Waals surface area contributed by atoms with E-state index in [0.29, 0.717) is 11.6 Å². The van der Waals surface area contributed by atoms with E-state index in [2.05, 4.69) is 21.3 Å². The highest BCUT2D eigenvalue weighted by molar-refractivity contribution is 5.45. The van der Waals surface area contributed by atoms with E-state index in [1.807, 2.05) is 13.1 Å². The summed E-state index contributed by atoms with van der Waals surface area (Å²) in [6, 6.07) is 6.18. The van der Waals surface area contributed by atoms with E-state index < -0.39 is 0 Å². The largest absolute Gasteiger partial charge is 0.355 e. The van der Waals surface area contributed by atoms with Crippen molar-refractivity contribution in [2.24, 2.45) is 0 Å². The number of nitriles is 1. The quantitative estimate of drug-likeness (QED) is 0.769. The predicted molar refractivity (Wildman–Crippen MR) is 58.6 cm³/mol. The smallest absolute Gasteiger partial charge is 0.129 e. The molecule has 0 radical (unpaired) electrons. The molecule has 1 unspecified atom stereocenters. The lowest BCUT2D eigenvalue weighted by atomic mass is 10.2. The Balaban J connectivity index is 2.17. The van der Waals surface area contributed by atoms with Crippen molar-refractivity contribution in [3.05, 3.63) is 23.9 Å². The van der Waals surface area contributed by atoms with Crippen LogP contribution in [0.4, 0.5) is 5.82 Å². The van der Waals surface area contributed by atoms with E-state index in [4.69, 9.17) is 5.26 Å². The zero-order valence-electron chi connectivity index (χ0n) is 8.77. The molecule has 0 bridgehead atoms. The molecule has 1 fully saturated rings. The summed E-state index contributed by atoms with van der Waals surface area (Å²) in [7, 11) is 2.03. The van der Waals surface area contributed by atoms with Crippen LogP contribution in [-0.4, -0.2) is 31.2 Å². The summed E-state index contributed by atoms with van der Waals surface area (Å²) in [5.41, 5.74) is 0.665. The lowest BCUT2D eigenvalue weighted by Gasteiger charge is -2.24. The van der Waals surface area contributed by atoms with Crippen LogP contribution in [0.25, 0.3) is 0 Å². The lowest BCUT2D eigenvalue weighted by molar-refractivity contribution is 0.678. The number of hydrogen-bond donors (Lipinski definition) is 1. The van der Waals surface area contributed by atoms with Crippen molar-refractivity contribution in [2.75, 3.05) is 25.0 Å². The highest BCUT2D eigenvalue weighted by Gasteiger charge is 2.20. The minimum atomic E-state index is 0.492. The van der Waals surface area contributed by atoms with E-state index in [1.165, 1.54) is 0 Å². The van der Waals surface area contributed by atoms with Gasteiger partial charge in [0, 0.05) is 25.8 Å². The molecular formula is C11H14N4. The molecule has 15 heavy (non-hydrogen) atoms. The first kappa shape index (κ1) is 9.94. The summed E-state index contributed by atoms with van der Waals surface area (Å²) in [5.74, 6) is 0.878. The first-order chi connectivity index (χ1) is 7.31. The van der Waals surface area contributed by atoms with Crippen LogP contribution >= 0.6 is 0 Å². The maximum Gasteiger partial charge on any atom is 0.129 e. The highest BCUT2D eigenvalue weighted by Crippen LogP contribution is 2.16. The van der Waals surface area contributed by atoms with Gasteiger partial charge in [-0.15, -0.1) is 0 Å². The van der Waals surface area contributed by atoms with E-state index in [9.17, 15) is 0 Å². The Morgan fingerprint density at radius 3 is 3.20 bits per heavy atom. The Morgan fingerprint density at radius 2 is 2.53 bits per heavy atom. The topological polar surface area (TPSA) is 52.0 Å². The third-order valence-corrected chi connectivity index (χ3v) is 2.82. The van der Waals surface area contributed by atoms with Gasteiger partial charge in [-0.3, -0.25) is 0 Å². The number of nitrogens with zero attached hydrogens (tertiary/aromatic N) is 3. The van der Waals surface area contributed by atoms with Gasteiger partial charge >= 0.3 is 0 Å². The van der Waals surface area contributed by atoms with Crippen LogP contribution in [0.15, 0.2) is 18.3 Å². The molecule has 0 amide bonds. The van der Waals surface area contributed by atoms with Crippen molar-refractivity contribution in [3.8, 4) is 6.07 Å². The van der Waals surface area contributed by atoms with Crippen molar-refractivity contribution in [2.45, 2.75) is 12.5 Å². The molecule has 1 aromatic rings. The van der Waals surface area contributed by atoms with Crippen LogP contribution < -0.4 is 10.2 Å². The SMILES string of the molecule is CN(c1cc(C#N)ccn1)C1CCNC1. The highest BCUT2D eigenvalue weighted by atomic mass is 15.2. The fraction of sp³-hybridized carbons (Fsp3) is 0.455. The van der Waals surface area contributed by atoms with Gasteiger partial charge in [0.05, 0.1) is 11.6 Å². The Bertz CT molecular complexity index is 376. The second-order valence-electron chi connectivity index (χ2n) is 3.77. The fourth-order valence-corrected chi connectivity index (χ4v) is 1.84. The van der Waals surface area contributed by atoms with E-state index >= 15 is 0 Å². The van der Waals surface area contributed by atoms with Gasteiger partial charge in [0.15, 0.2) is 0 Å². The first-order valence-electron chi connectivity index (χ1n) is 5.11. The number of likely N-dealkylation sites (N-methyl/N-ethyl adjacent to an activating group) is 1. The Hall–Kier alpha value is -1.60. The van der Waals surface area contributed by atoms with Gasteiger partial charge in [0.25, 0.3) is 0 Å². The number of pyridine rings is 1. The number of aromatic nitrogens is 1. The van der Waals surface area contributed by atoms with Crippen LogP contribution in [0.3, 0.4) is 0 Å². The van der Waals surface area contributed by atoms with E-state index in [-0.39, 0.29) is 0 Å². The number of anilines is 1. The zero-order chi connectivity index (χ0) is 10.7. The molecule has 2 heterocycles. The van der Waals surface area contributed by atoms with Gasteiger partial charge in [-0.1, -0.05) is 0 Å². The standard InChI is InChI=1S/C11H14N4/c1-15(10-3-4-13-8-10)11-6-9(7-12)2-5-14-11/h2,5-6,10,13H,3-4,8H2,1H3. The summed E-state index contributed by atoms with van der Waals surface area (Å²) >= 11 is 0. The second kappa shape index (κ2) is 4.28. The molecule has 1 N–H and O–H groups in total. The Kier molecular flexibility index (Phi) is 2.84. The van der Waals surface area contributed by atoms with Crippen molar-refractivity contribution < 1.29 is 0 Å².